The molecular formula is C15H18ClN3S2. The maximum absolute atomic E-state index is 6.38. The summed E-state index contributed by atoms with van der Waals surface area (Å²) < 4.78 is 4.49. The van der Waals surface area contributed by atoms with Gasteiger partial charge in [-0.05, 0) is 37.4 Å². The van der Waals surface area contributed by atoms with Gasteiger partial charge in [-0.1, -0.05) is 18.5 Å². The topological polar surface area (TPSA) is 29.9 Å². The third-order valence-corrected chi connectivity index (χ3v) is 6.31. The maximum Gasteiger partial charge on any atom is 0.130 e. The maximum atomic E-state index is 6.38. The van der Waals surface area contributed by atoms with Crippen molar-refractivity contribution in [3.8, 4) is 0 Å². The highest BCUT2D eigenvalue weighted by molar-refractivity contribution is 7.26. The number of rotatable bonds is 5. The molecule has 0 fully saturated rings. The molecule has 0 aliphatic carbocycles. The molecule has 0 saturated carbocycles. The van der Waals surface area contributed by atoms with E-state index in [-0.39, 0.29) is 0 Å². The highest BCUT2D eigenvalue weighted by atomic mass is 35.5. The zero-order valence-corrected chi connectivity index (χ0v) is 14.7. The fourth-order valence-corrected chi connectivity index (χ4v) is 5.03. The molecule has 0 radical (unpaired) electrons. The zero-order chi connectivity index (χ0) is 15.0. The molecule has 0 aliphatic rings. The molecule has 3 aromatic heterocycles. The van der Waals surface area contributed by atoms with Gasteiger partial charge in [0.1, 0.15) is 5.15 Å². The van der Waals surface area contributed by atoms with Crippen molar-refractivity contribution in [3.05, 3.63) is 38.8 Å². The Morgan fingerprint density at radius 3 is 2.86 bits per heavy atom. The number of hydrogen-bond acceptors (Lipinski definition) is 4. The predicted molar refractivity (Wildman–Crippen MR) is 92.8 cm³/mol. The molecule has 0 bridgehead atoms. The third-order valence-electron chi connectivity index (χ3n) is 3.63. The lowest BCUT2D eigenvalue weighted by Gasteiger charge is -2.16. The van der Waals surface area contributed by atoms with E-state index >= 15 is 0 Å². The molecule has 1 atom stereocenters. The van der Waals surface area contributed by atoms with Crippen LogP contribution in [0.4, 0.5) is 0 Å². The highest BCUT2D eigenvalue weighted by Gasteiger charge is 2.20. The Balaban J connectivity index is 1.92. The Morgan fingerprint density at radius 1 is 1.43 bits per heavy atom. The van der Waals surface area contributed by atoms with Crippen LogP contribution in [-0.2, 0) is 13.5 Å². The van der Waals surface area contributed by atoms with E-state index in [1.165, 1.54) is 14.3 Å². The third kappa shape index (κ3) is 2.88. The number of likely N-dealkylation sites (N-methyl/N-ethyl adjacent to an activating group) is 1. The molecule has 3 rings (SSSR count). The van der Waals surface area contributed by atoms with Crippen molar-refractivity contribution in [2.75, 3.05) is 6.54 Å². The fraction of sp³-hybridized carbons (Fsp3) is 0.400. The van der Waals surface area contributed by atoms with E-state index in [4.69, 9.17) is 11.6 Å². The molecule has 3 heterocycles. The van der Waals surface area contributed by atoms with Crippen molar-refractivity contribution in [1.29, 1.82) is 0 Å². The first-order chi connectivity index (χ1) is 10.1. The lowest BCUT2D eigenvalue weighted by molar-refractivity contribution is 0.557. The van der Waals surface area contributed by atoms with Gasteiger partial charge in [-0.25, -0.2) is 0 Å². The molecule has 112 valence electrons. The van der Waals surface area contributed by atoms with Crippen LogP contribution in [0.1, 0.15) is 29.1 Å². The lowest BCUT2D eigenvalue weighted by Crippen LogP contribution is -2.22. The van der Waals surface area contributed by atoms with E-state index in [0.717, 1.165) is 29.4 Å². The molecule has 21 heavy (non-hydrogen) atoms. The number of halogens is 1. The summed E-state index contributed by atoms with van der Waals surface area (Å²) in [7, 11) is 1.89. The van der Waals surface area contributed by atoms with Crippen LogP contribution in [0.15, 0.2) is 17.5 Å². The number of aromatic nitrogens is 2. The van der Waals surface area contributed by atoms with Crippen molar-refractivity contribution in [2.24, 2.45) is 7.05 Å². The van der Waals surface area contributed by atoms with Gasteiger partial charge in [-0.2, -0.15) is 5.10 Å². The van der Waals surface area contributed by atoms with Crippen LogP contribution in [0, 0.1) is 6.92 Å². The second-order valence-electron chi connectivity index (χ2n) is 5.09. The van der Waals surface area contributed by atoms with E-state index in [1.54, 1.807) is 16.0 Å². The molecule has 0 aliphatic heterocycles. The molecule has 3 nitrogen and oxygen atoms in total. The second-order valence-corrected chi connectivity index (χ2v) is 7.51. The summed E-state index contributed by atoms with van der Waals surface area (Å²) in [6.07, 6.45) is 0.875. The lowest BCUT2D eigenvalue weighted by atomic mass is 10.1. The second kappa shape index (κ2) is 6.08. The average molecular weight is 340 g/mol. The molecule has 1 N–H and O–H groups in total. The van der Waals surface area contributed by atoms with Gasteiger partial charge in [0.05, 0.1) is 5.69 Å². The van der Waals surface area contributed by atoms with Crippen molar-refractivity contribution in [1.82, 2.24) is 15.1 Å². The minimum Gasteiger partial charge on any atom is -0.309 e. The Hall–Kier alpha value is -0.880. The standard InChI is InChI=1S/C15H18ClN3S2/c1-4-17-11(7-10-9(2)18-19(3)15(10)16)13-8-14-12(21-13)5-6-20-14/h5-6,8,11,17H,4,7H2,1-3H3. The van der Waals surface area contributed by atoms with E-state index in [9.17, 15) is 0 Å². The molecule has 1 unspecified atom stereocenters. The highest BCUT2D eigenvalue weighted by Crippen LogP contribution is 2.35. The first-order valence-electron chi connectivity index (χ1n) is 6.98. The first-order valence-corrected chi connectivity index (χ1v) is 9.05. The van der Waals surface area contributed by atoms with Gasteiger partial charge < -0.3 is 5.32 Å². The van der Waals surface area contributed by atoms with Gasteiger partial charge in [-0.15, -0.1) is 22.7 Å². The zero-order valence-electron chi connectivity index (χ0n) is 12.3. The normalized spacial score (nSPS) is 13.1. The summed E-state index contributed by atoms with van der Waals surface area (Å²) in [4.78, 5) is 1.37. The first kappa shape index (κ1) is 15.0. The van der Waals surface area contributed by atoms with Crippen molar-refractivity contribution >= 4 is 43.7 Å². The fourth-order valence-electron chi connectivity index (χ4n) is 2.59. The summed E-state index contributed by atoms with van der Waals surface area (Å²) in [5, 5.41) is 10.9. The monoisotopic (exact) mass is 339 g/mol. The summed E-state index contributed by atoms with van der Waals surface area (Å²) in [6, 6.07) is 4.79. The van der Waals surface area contributed by atoms with Crippen LogP contribution in [-0.4, -0.2) is 16.3 Å². The number of nitrogens with zero attached hydrogens (tertiary/aromatic N) is 2. The summed E-state index contributed by atoms with van der Waals surface area (Å²) in [6.45, 7) is 5.10. The SMILES string of the molecule is CCNC(Cc1c(C)nn(C)c1Cl)c1cc2sccc2s1. The number of aryl methyl sites for hydroxylation is 2. The van der Waals surface area contributed by atoms with Gasteiger partial charge in [0.15, 0.2) is 0 Å². The van der Waals surface area contributed by atoms with Crippen LogP contribution in [0.25, 0.3) is 9.40 Å². The van der Waals surface area contributed by atoms with Crippen LogP contribution in [0.3, 0.4) is 0 Å². The van der Waals surface area contributed by atoms with Gasteiger partial charge in [0.25, 0.3) is 0 Å². The minimum atomic E-state index is 0.292. The van der Waals surface area contributed by atoms with Crippen molar-refractivity contribution < 1.29 is 0 Å². The van der Waals surface area contributed by atoms with E-state index in [1.807, 2.05) is 25.3 Å². The molecule has 6 heteroatoms. The van der Waals surface area contributed by atoms with Crippen molar-refractivity contribution in [2.45, 2.75) is 26.3 Å². The molecule has 0 amide bonds. The van der Waals surface area contributed by atoms with Crippen LogP contribution in [0.5, 0.6) is 0 Å². The van der Waals surface area contributed by atoms with Gasteiger partial charge in [0, 0.05) is 32.9 Å². The molecule has 0 aromatic carbocycles. The summed E-state index contributed by atoms with van der Waals surface area (Å²) >= 11 is 10.0. The van der Waals surface area contributed by atoms with Gasteiger partial charge in [0.2, 0.25) is 0 Å². The van der Waals surface area contributed by atoms with E-state index < -0.39 is 0 Å². The minimum absolute atomic E-state index is 0.292. The largest absolute Gasteiger partial charge is 0.309 e. The Kier molecular flexibility index (Phi) is 4.36. The molecule has 3 aromatic rings. The Labute approximate surface area is 137 Å². The Morgan fingerprint density at radius 2 is 2.24 bits per heavy atom. The molecular weight excluding hydrogens is 322 g/mol. The average Bonchev–Trinajstić information content (AvgIpc) is 3.08. The van der Waals surface area contributed by atoms with E-state index in [2.05, 4.69) is 34.9 Å². The van der Waals surface area contributed by atoms with Gasteiger partial charge in [-0.3, -0.25) is 4.68 Å². The van der Waals surface area contributed by atoms with Crippen molar-refractivity contribution in [3.63, 3.8) is 0 Å². The van der Waals surface area contributed by atoms with Crippen LogP contribution >= 0.6 is 34.3 Å². The number of thiophene rings is 2. The Bertz CT molecular complexity index is 728. The molecule has 0 spiro atoms. The van der Waals surface area contributed by atoms with Crippen LogP contribution < -0.4 is 5.32 Å². The number of fused-ring (bicyclic) bond motifs is 1. The summed E-state index contributed by atoms with van der Waals surface area (Å²) in [5.41, 5.74) is 2.16. The molecule has 0 saturated heterocycles. The van der Waals surface area contributed by atoms with Gasteiger partial charge >= 0.3 is 0 Å². The van der Waals surface area contributed by atoms with E-state index in [0.29, 0.717) is 6.04 Å². The quantitative estimate of drug-likeness (QED) is 0.739. The number of hydrogen-bond donors (Lipinski definition) is 1. The predicted octanol–water partition coefficient (Wildman–Crippen LogP) is 4.55. The summed E-state index contributed by atoms with van der Waals surface area (Å²) in [5.74, 6) is 0. The smallest absolute Gasteiger partial charge is 0.130 e. The number of nitrogens with one attached hydrogen (secondary N) is 1. The van der Waals surface area contributed by atoms with Crippen LogP contribution in [0.2, 0.25) is 5.15 Å².